The molecule has 0 saturated carbocycles. The predicted molar refractivity (Wildman–Crippen MR) is 408 cm³/mol. The second-order valence-corrected chi connectivity index (χ2v) is 36.3. The maximum atomic E-state index is 14.4. The first kappa shape index (κ1) is 83.6. The van der Waals surface area contributed by atoms with Gasteiger partial charge in [0.1, 0.15) is 42.0 Å². The standard InChI is InChI=1S/C43H64O10.C42H57N3O6/c1-27-17-29(19-31(35(27)46)39(3,4)5)13-15-33(44)48-21-41(9,10)37-50-23-43(24-51-37)25-52-38(53-26-43)42(11,12)22-49-34(45)16-14-30-18-28(2)36(47)32(20-30)40(6,7)8;1-22-16-31(40(7,8)9)34(46)25(4)28(22)19-43-37(49)44(20-29-23(2)17-32(41(10,11)12)35(47)26(29)5)39(51)45(38(43)50)21-30-24(3)18-33(42(13,14)15)36(48)27(30)6/h17-20,37-38,46-47H,13-16,21-26H2,1-12H3;16-18,46-48H,19-21H2,1-15H3. The van der Waals surface area contributed by atoms with Gasteiger partial charge in [-0.05, 0) is 195 Å². The van der Waals surface area contributed by atoms with Crippen molar-refractivity contribution in [2.75, 3.05) is 39.6 Å². The predicted octanol–water partition coefficient (Wildman–Crippen LogP) is 14.9. The van der Waals surface area contributed by atoms with Crippen LogP contribution in [0.4, 0.5) is 0 Å². The summed E-state index contributed by atoms with van der Waals surface area (Å²) in [6.07, 6.45) is 0.332. The Morgan fingerprint density at radius 1 is 0.385 bits per heavy atom. The van der Waals surface area contributed by atoms with Gasteiger partial charge in [-0.25, -0.2) is 28.1 Å². The number of esters is 2. The molecule has 5 N–H and O–H groups in total. The van der Waals surface area contributed by atoms with Gasteiger partial charge in [0.25, 0.3) is 0 Å². The zero-order chi connectivity index (χ0) is 78.4. The molecule has 572 valence electrons. The van der Waals surface area contributed by atoms with Gasteiger partial charge >= 0.3 is 29.0 Å². The first-order chi connectivity index (χ1) is 47.6. The molecule has 2 saturated heterocycles. The number of aromatic nitrogens is 3. The molecule has 0 atom stereocenters. The fraction of sp³-hybridized carbons (Fsp3) is 0.588. The second-order valence-electron chi connectivity index (χ2n) is 36.3. The lowest BCUT2D eigenvalue weighted by Gasteiger charge is -2.48. The Hall–Kier alpha value is -7.71. The van der Waals surface area contributed by atoms with Gasteiger partial charge in [0.15, 0.2) is 12.6 Å². The lowest BCUT2D eigenvalue weighted by molar-refractivity contribution is -0.337. The van der Waals surface area contributed by atoms with E-state index in [-0.39, 0.29) is 102 Å². The zero-order valence-corrected chi connectivity index (χ0v) is 67.5. The van der Waals surface area contributed by atoms with Gasteiger partial charge in [0.2, 0.25) is 0 Å². The summed E-state index contributed by atoms with van der Waals surface area (Å²) in [6, 6.07) is 13.4. The highest BCUT2D eigenvalue weighted by molar-refractivity contribution is 5.70. The SMILES string of the molecule is Cc1cc(C(C)(C)C)c(O)c(C)c1Cn1c(=O)n(Cc2c(C)cc(C(C)(C)C)c(O)c2C)c(=O)n(Cc2c(C)cc(C(C)(C)C)c(O)c2C)c1=O.Cc1cc(CCC(=O)OCC(C)(C)C2OCC3(CO2)COC(C(C)(C)COC(=O)CCc2cc(C)c(O)c(C(C)(C)C)c2)OC3)cc(C(C)(C)C)c1O. The molecule has 1 aromatic heterocycles. The van der Waals surface area contributed by atoms with Crippen molar-refractivity contribution in [2.45, 2.75) is 272 Å². The van der Waals surface area contributed by atoms with Crippen molar-refractivity contribution in [2.24, 2.45) is 16.2 Å². The van der Waals surface area contributed by atoms with Crippen LogP contribution in [0.2, 0.25) is 0 Å². The van der Waals surface area contributed by atoms with E-state index in [1.165, 1.54) is 0 Å². The molecule has 6 aromatic rings. The van der Waals surface area contributed by atoms with E-state index >= 15 is 0 Å². The van der Waals surface area contributed by atoms with E-state index in [2.05, 4.69) is 41.5 Å². The van der Waals surface area contributed by atoms with Crippen LogP contribution < -0.4 is 17.1 Å². The summed E-state index contributed by atoms with van der Waals surface area (Å²) in [7, 11) is 0. The van der Waals surface area contributed by atoms with Crippen LogP contribution in [0.3, 0.4) is 0 Å². The number of aromatic hydroxyl groups is 5. The van der Waals surface area contributed by atoms with E-state index in [9.17, 15) is 49.5 Å². The third kappa shape index (κ3) is 18.9. The molecule has 0 aliphatic carbocycles. The quantitative estimate of drug-likeness (QED) is 0.0501. The highest BCUT2D eigenvalue weighted by Crippen LogP contribution is 2.43. The summed E-state index contributed by atoms with van der Waals surface area (Å²) in [4.78, 5) is 68.6. The van der Waals surface area contributed by atoms with Gasteiger partial charge in [-0.1, -0.05) is 174 Å². The average molecular weight is 1440 g/mol. The van der Waals surface area contributed by atoms with Gasteiger partial charge in [0, 0.05) is 23.7 Å². The average Bonchev–Trinajstić information content (AvgIpc) is 0.754. The molecule has 5 aromatic carbocycles. The Morgan fingerprint density at radius 2 is 0.625 bits per heavy atom. The molecule has 3 heterocycles. The summed E-state index contributed by atoms with van der Waals surface area (Å²) >= 11 is 0. The van der Waals surface area contributed by atoms with E-state index < -0.39 is 45.9 Å². The second kappa shape index (κ2) is 31.0. The Bertz CT molecular complexity index is 3970. The van der Waals surface area contributed by atoms with Crippen LogP contribution in [0.1, 0.15) is 245 Å². The largest absolute Gasteiger partial charge is 0.507 e. The number of ether oxygens (including phenoxy) is 6. The van der Waals surface area contributed by atoms with E-state index in [0.29, 0.717) is 84.1 Å². The van der Waals surface area contributed by atoms with Gasteiger partial charge < -0.3 is 54.0 Å². The monoisotopic (exact) mass is 1440 g/mol. The Kier molecular flexibility index (Phi) is 24.9. The fourth-order valence-electron chi connectivity index (χ4n) is 13.8. The normalized spacial score (nSPS) is 17.1. The van der Waals surface area contributed by atoms with Crippen molar-refractivity contribution in [1.82, 2.24) is 13.7 Å². The van der Waals surface area contributed by atoms with E-state index in [1.54, 1.807) is 20.8 Å². The summed E-state index contributed by atoms with van der Waals surface area (Å²) in [5.41, 5.74) is 7.94. The number of phenolic OH excluding ortho intramolecular Hbond substituents is 5. The van der Waals surface area contributed by atoms with Crippen LogP contribution in [0, 0.1) is 71.6 Å². The molecule has 2 aliphatic heterocycles. The highest BCUT2D eigenvalue weighted by atomic mass is 16.7. The Labute approximate surface area is 616 Å². The van der Waals surface area contributed by atoms with Gasteiger partial charge in [0.05, 0.1) is 51.5 Å². The van der Waals surface area contributed by atoms with Gasteiger partial charge in [-0.2, -0.15) is 0 Å². The first-order valence-electron chi connectivity index (χ1n) is 36.5. The smallest absolute Gasteiger partial charge is 0.336 e. The number of hydrogen-bond donors (Lipinski definition) is 5. The topological polar surface area (TPSA) is 257 Å². The van der Waals surface area contributed by atoms with Crippen molar-refractivity contribution in [3.05, 3.63) is 174 Å². The number of carbonyl (C=O) groups is 2. The molecule has 0 bridgehead atoms. The summed E-state index contributed by atoms with van der Waals surface area (Å²) in [6.45, 7) is 54.1. The molecule has 0 radical (unpaired) electrons. The maximum absolute atomic E-state index is 14.4. The summed E-state index contributed by atoms with van der Waals surface area (Å²) in [5, 5.41) is 54.8. The van der Waals surface area contributed by atoms with Gasteiger partial charge in [-0.15, -0.1) is 0 Å². The first-order valence-corrected chi connectivity index (χ1v) is 36.5. The molecule has 8 rings (SSSR count). The minimum absolute atomic E-state index is 0.103. The third-order valence-corrected chi connectivity index (χ3v) is 20.7. The number of benzene rings is 5. The lowest BCUT2D eigenvalue weighted by atomic mass is 9.82. The number of rotatable bonds is 18. The molecule has 2 fully saturated rings. The van der Waals surface area contributed by atoms with Gasteiger partial charge in [-0.3, -0.25) is 9.59 Å². The van der Waals surface area contributed by atoms with E-state index in [0.717, 1.165) is 80.5 Å². The lowest BCUT2D eigenvalue weighted by Crippen LogP contribution is -2.57. The molecule has 1 spiro atoms. The number of aryl methyl sites for hydroxylation is 7. The molecule has 2 aliphatic rings. The Balaban J connectivity index is 0.000000291. The van der Waals surface area contributed by atoms with Crippen LogP contribution in [0.5, 0.6) is 28.7 Å². The molecular formula is C85H121N3O16. The molecule has 0 unspecified atom stereocenters. The number of phenols is 5. The van der Waals surface area contributed by atoms with Crippen molar-refractivity contribution in [3.63, 3.8) is 0 Å². The van der Waals surface area contributed by atoms with E-state index in [1.807, 2.05) is 167 Å². The van der Waals surface area contributed by atoms with Crippen molar-refractivity contribution < 1.29 is 63.5 Å². The molecule has 0 amide bonds. The zero-order valence-electron chi connectivity index (χ0n) is 67.5. The van der Waals surface area contributed by atoms with Crippen molar-refractivity contribution in [3.8, 4) is 28.7 Å². The fourth-order valence-corrected chi connectivity index (χ4v) is 13.8. The van der Waals surface area contributed by atoms with E-state index in [4.69, 9.17) is 28.4 Å². The minimum atomic E-state index is -0.794. The van der Waals surface area contributed by atoms with Crippen LogP contribution in [0.25, 0.3) is 0 Å². The molecular weight excluding hydrogens is 1320 g/mol. The molecule has 19 heteroatoms. The van der Waals surface area contributed by atoms with Crippen molar-refractivity contribution >= 4 is 11.9 Å². The highest BCUT2D eigenvalue weighted by Gasteiger charge is 2.48. The molecule has 104 heavy (non-hydrogen) atoms. The maximum Gasteiger partial charge on any atom is 0.336 e. The van der Waals surface area contributed by atoms with Crippen LogP contribution in [-0.4, -0.2) is 103 Å². The Morgan fingerprint density at radius 3 is 0.865 bits per heavy atom. The minimum Gasteiger partial charge on any atom is -0.507 e. The molecule has 19 nitrogen and oxygen atoms in total. The van der Waals surface area contributed by atoms with Crippen LogP contribution in [-0.2, 0) is 97.6 Å². The number of carbonyl (C=O) groups excluding carboxylic acids is 2. The van der Waals surface area contributed by atoms with Crippen LogP contribution >= 0.6 is 0 Å². The number of hydrogen-bond acceptors (Lipinski definition) is 16. The summed E-state index contributed by atoms with van der Waals surface area (Å²) < 4.78 is 39.3. The third-order valence-electron chi connectivity index (χ3n) is 20.7. The van der Waals surface area contributed by atoms with Crippen LogP contribution in [0.15, 0.2) is 56.8 Å². The summed E-state index contributed by atoms with van der Waals surface area (Å²) in [5.74, 6) is 0.311. The van der Waals surface area contributed by atoms with Crippen molar-refractivity contribution in [1.29, 1.82) is 0 Å². The number of nitrogens with zero attached hydrogens (tertiary/aromatic N) is 3.